The highest BCUT2D eigenvalue weighted by Crippen LogP contribution is 2.26. The molecule has 2 rings (SSSR count). The lowest BCUT2D eigenvalue weighted by Gasteiger charge is -2.23. The maximum atomic E-state index is 12.7. The fraction of sp³-hybridized carbons (Fsp3) is 0.235. The molecule has 0 unspecified atom stereocenters. The number of aromatic hydroxyl groups is 1. The van der Waals surface area contributed by atoms with E-state index in [1.54, 1.807) is 17.0 Å². The van der Waals surface area contributed by atoms with Gasteiger partial charge in [-0.05, 0) is 52.7 Å². The van der Waals surface area contributed by atoms with Crippen molar-refractivity contribution >= 4 is 27.5 Å². The molecule has 0 radical (unpaired) electrons. The number of para-hydroxylation sites is 1. The Hall–Kier alpha value is -1.81. The van der Waals surface area contributed by atoms with E-state index in [0.29, 0.717) is 16.6 Å². The third-order valence-electron chi connectivity index (χ3n) is 3.24. The zero-order chi connectivity index (χ0) is 15.2. The number of halogens is 1. The summed E-state index contributed by atoms with van der Waals surface area (Å²) in [6.45, 7) is 2.76. The summed E-state index contributed by atoms with van der Waals surface area (Å²) < 4.78 is 0.582. The molecule has 0 fully saturated rings. The average molecular weight is 348 g/mol. The Morgan fingerprint density at radius 1 is 1.19 bits per heavy atom. The molecule has 0 aliphatic rings. The number of amides is 1. The molecular formula is C17H18BrNO2. The van der Waals surface area contributed by atoms with Gasteiger partial charge >= 0.3 is 0 Å². The van der Waals surface area contributed by atoms with Crippen LogP contribution in [0.3, 0.4) is 0 Å². The SMILES string of the molecule is CCCCN(C(=O)c1ccc(Br)c(O)c1)c1ccccc1. The first-order valence-corrected chi connectivity index (χ1v) is 7.78. The molecular weight excluding hydrogens is 330 g/mol. The van der Waals surface area contributed by atoms with Gasteiger partial charge in [-0.3, -0.25) is 4.79 Å². The number of phenols is 1. The number of hydrogen-bond acceptors (Lipinski definition) is 2. The highest BCUT2D eigenvalue weighted by Gasteiger charge is 2.18. The molecule has 0 atom stereocenters. The van der Waals surface area contributed by atoms with E-state index < -0.39 is 0 Å². The van der Waals surface area contributed by atoms with Crippen LogP contribution >= 0.6 is 15.9 Å². The normalized spacial score (nSPS) is 10.4. The Balaban J connectivity index is 2.31. The van der Waals surface area contributed by atoms with E-state index in [2.05, 4.69) is 22.9 Å². The van der Waals surface area contributed by atoms with Crippen molar-refractivity contribution in [2.24, 2.45) is 0 Å². The second-order valence-corrected chi connectivity index (χ2v) is 5.67. The quantitative estimate of drug-likeness (QED) is 0.858. The Morgan fingerprint density at radius 2 is 1.90 bits per heavy atom. The minimum atomic E-state index is -0.0996. The number of anilines is 1. The van der Waals surface area contributed by atoms with E-state index >= 15 is 0 Å². The molecule has 0 spiro atoms. The van der Waals surface area contributed by atoms with Gasteiger partial charge in [-0.1, -0.05) is 31.5 Å². The van der Waals surface area contributed by atoms with Crippen molar-refractivity contribution in [1.29, 1.82) is 0 Å². The smallest absolute Gasteiger partial charge is 0.258 e. The number of carbonyl (C=O) groups is 1. The van der Waals surface area contributed by atoms with Gasteiger partial charge in [0.05, 0.1) is 4.47 Å². The van der Waals surface area contributed by atoms with Crippen molar-refractivity contribution in [2.75, 3.05) is 11.4 Å². The molecule has 0 heterocycles. The zero-order valence-electron chi connectivity index (χ0n) is 11.9. The van der Waals surface area contributed by atoms with Crippen LogP contribution in [0, 0.1) is 0 Å². The van der Waals surface area contributed by atoms with Crippen molar-refractivity contribution in [1.82, 2.24) is 0 Å². The Bertz CT molecular complexity index is 613. The van der Waals surface area contributed by atoms with Crippen LogP contribution < -0.4 is 4.90 Å². The van der Waals surface area contributed by atoms with Crippen LogP contribution in [-0.4, -0.2) is 17.6 Å². The van der Waals surface area contributed by atoms with E-state index in [0.717, 1.165) is 18.5 Å². The summed E-state index contributed by atoms with van der Waals surface area (Å²) in [6.07, 6.45) is 1.95. The number of benzene rings is 2. The number of unbranched alkanes of at least 4 members (excludes halogenated alkanes) is 1. The van der Waals surface area contributed by atoms with Gasteiger partial charge in [0.1, 0.15) is 5.75 Å². The van der Waals surface area contributed by atoms with E-state index in [4.69, 9.17) is 0 Å². The molecule has 4 heteroatoms. The standard InChI is InChI=1S/C17H18BrNO2/c1-2-3-11-19(14-7-5-4-6-8-14)17(21)13-9-10-15(18)16(20)12-13/h4-10,12,20H,2-3,11H2,1H3. The molecule has 0 saturated carbocycles. The zero-order valence-corrected chi connectivity index (χ0v) is 13.5. The molecule has 0 aromatic heterocycles. The first-order valence-electron chi connectivity index (χ1n) is 6.99. The highest BCUT2D eigenvalue weighted by molar-refractivity contribution is 9.10. The van der Waals surface area contributed by atoms with Crippen LogP contribution in [0.5, 0.6) is 5.75 Å². The monoisotopic (exact) mass is 347 g/mol. The second-order valence-electron chi connectivity index (χ2n) is 4.81. The fourth-order valence-corrected chi connectivity index (χ4v) is 2.32. The highest BCUT2D eigenvalue weighted by atomic mass is 79.9. The molecule has 2 aromatic carbocycles. The van der Waals surface area contributed by atoms with Crippen LogP contribution in [0.4, 0.5) is 5.69 Å². The van der Waals surface area contributed by atoms with Gasteiger partial charge in [-0.25, -0.2) is 0 Å². The minimum absolute atomic E-state index is 0.0735. The molecule has 2 aromatic rings. The molecule has 0 saturated heterocycles. The van der Waals surface area contributed by atoms with Crippen LogP contribution in [0.25, 0.3) is 0 Å². The number of carbonyl (C=O) groups excluding carboxylic acids is 1. The number of hydrogen-bond donors (Lipinski definition) is 1. The van der Waals surface area contributed by atoms with Gasteiger partial charge in [-0.15, -0.1) is 0 Å². The van der Waals surface area contributed by atoms with Crippen LogP contribution in [0.2, 0.25) is 0 Å². The summed E-state index contributed by atoms with van der Waals surface area (Å²) in [4.78, 5) is 14.5. The molecule has 110 valence electrons. The average Bonchev–Trinajstić information content (AvgIpc) is 2.51. The Labute approximate surface area is 133 Å². The summed E-state index contributed by atoms with van der Waals surface area (Å²) >= 11 is 3.23. The second kappa shape index (κ2) is 7.27. The molecule has 1 N–H and O–H groups in total. The molecule has 0 aliphatic heterocycles. The number of phenolic OH excluding ortho intramolecular Hbond substituents is 1. The predicted molar refractivity (Wildman–Crippen MR) is 88.8 cm³/mol. The summed E-state index contributed by atoms with van der Waals surface area (Å²) in [5, 5.41) is 9.76. The van der Waals surface area contributed by atoms with Gasteiger partial charge in [0.25, 0.3) is 5.91 Å². The van der Waals surface area contributed by atoms with E-state index in [9.17, 15) is 9.90 Å². The van der Waals surface area contributed by atoms with Crippen molar-refractivity contribution in [2.45, 2.75) is 19.8 Å². The first-order chi connectivity index (χ1) is 10.1. The van der Waals surface area contributed by atoms with Crippen molar-refractivity contribution in [3.05, 3.63) is 58.6 Å². The predicted octanol–water partition coefficient (Wildman–Crippen LogP) is 4.60. The summed E-state index contributed by atoms with van der Waals surface area (Å²) in [5.41, 5.74) is 1.36. The van der Waals surface area contributed by atoms with Gasteiger partial charge in [0.15, 0.2) is 0 Å². The summed E-state index contributed by atoms with van der Waals surface area (Å²) in [5.74, 6) is -0.0261. The first kappa shape index (κ1) is 15.6. The van der Waals surface area contributed by atoms with Gasteiger partial charge in [0, 0.05) is 17.8 Å². The van der Waals surface area contributed by atoms with Gasteiger partial charge in [-0.2, -0.15) is 0 Å². The largest absolute Gasteiger partial charge is 0.507 e. The molecule has 21 heavy (non-hydrogen) atoms. The van der Waals surface area contributed by atoms with Gasteiger partial charge in [0.2, 0.25) is 0 Å². The molecule has 0 bridgehead atoms. The maximum absolute atomic E-state index is 12.7. The molecule has 1 amide bonds. The topological polar surface area (TPSA) is 40.5 Å². The van der Waals surface area contributed by atoms with Crippen molar-refractivity contribution in [3.63, 3.8) is 0 Å². The van der Waals surface area contributed by atoms with E-state index in [1.807, 2.05) is 30.3 Å². The van der Waals surface area contributed by atoms with Crippen LogP contribution in [0.1, 0.15) is 30.1 Å². The lowest BCUT2D eigenvalue weighted by molar-refractivity contribution is 0.0986. The molecule has 3 nitrogen and oxygen atoms in total. The van der Waals surface area contributed by atoms with Crippen molar-refractivity contribution in [3.8, 4) is 5.75 Å². The van der Waals surface area contributed by atoms with Crippen LogP contribution in [0.15, 0.2) is 53.0 Å². The Kier molecular flexibility index (Phi) is 5.39. The van der Waals surface area contributed by atoms with Crippen LogP contribution in [-0.2, 0) is 0 Å². The summed E-state index contributed by atoms with van der Waals surface area (Å²) in [7, 11) is 0. The third kappa shape index (κ3) is 3.85. The Morgan fingerprint density at radius 3 is 2.52 bits per heavy atom. The fourth-order valence-electron chi connectivity index (χ4n) is 2.07. The maximum Gasteiger partial charge on any atom is 0.258 e. The summed E-state index contributed by atoms with van der Waals surface area (Å²) in [6, 6.07) is 14.5. The third-order valence-corrected chi connectivity index (χ3v) is 3.91. The van der Waals surface area contributed by atoms with E-state index in [-0.39, 0.29) is 11.7 Å². The number of nitrogens with zero attached hydrogens (tertiary/aromatic N) is 1. The lowest BCUT2D eigenvalue weighted by atomic mass is 10.1. The van der Waals surface area contributed by atoms with Gasteiger partial charge < -0.3 is 10.0 Å². The lowest BCUT2D eigenvalue weighted by Crippen LogP contribution is -2.31. The van der Waals surface area contributed by atoms with E-state index in [1.165, 1.54) is 6.07 Å². The molecule has 0 aliphatic carbocycles. The number of rotatable bonds is 5. The minimum Gasteiger partial charge on any atom is -0.507 e. The van der Waals surface area contributed by atoms with Crippen molar-refractivity contribution < 1.29 is 9.90 Å².